The molecule has 0 spiro atoms. The Morgan fingerprint density at radius 1 is 1.33 bits per heavy atom. The molecule has 4 heteroatoms. The van der Waals surface area contributed by atoms with Crippen LogP contribution in [-0.2, 0) is 13.0 Å². The fraction of sp³-hybridized carbons (Fsp3) is 0.429. The molecule has 0 bridgehead atoms. The van der Waals surface area contributed by atoms with Crippen LogP contribution in [0.2, 0.25) is 0 Å². The second-order valence-electron chi connectivity index (χ2n) is 5.26. The van der Waals surface area contributed by atoms with Gasteiger partial charge >= 0.3 is 0 Å². The summed E-state index contributed by atoms with van der Waals surface area (Å²) in [6.07, 6.45) is 2.23. The number of anilines is 1. The molecule has 1 aliphatic rings. The van der Waals surface area contributed by atoms with E-state index in [4.69, 9.17) is 5.73 Å². The molecule has 0 saturated heterocycles. The molecule has 0 radical (unpaired) electrons. The Hall–Kier alpha value is -1.84. The van der Waals surface area contributed by atoms with E-state index in [2.05, 4.69) is 27.8 Å². The van der Waals surface area contributed by atoms with Gasteiger partial charge in [-0.25, -0.2) is 0 Å². The van der Waals surface area contributed by atoms with Crippen LogP contribution < -0.4 is 5.73 Å². The van der Waals surface area contributed by atoms with Crippen LogP contribution in [0.5, 0.6) is 0 Å². The number of hydrogen-bond acceptors (Lipinski definition) is 3. The van der Waals surface area contributed by atoms with Crippen molar-refractivity contribution in [1.29, 1.82) is 0 Å². The first kappa shape index (κ1) is 11.3. The third-order valence-corrected chi connectivity index (χ3v) is 3.73. The smallest absolute Gasteiger partial charge is 0.163 e. The maximum atomic E-state index is 5.86. The quantitative estimate of drug-likeness (QED) is 0.781. The van der Waals surface area contributed by atoms with Crippen molar-refractivity contribution in [3.8, 4) is 11.4 Å². The summed E-state index contributed by atoms with van der Waals surface area (Å²) in [4.78, 5) is 0. The highest BCUT2D eigenvalue weighted by molar-refractivity contribution is 5.62. The van der Waals surface area contributed by atoms with E-state index in [1.165, 1.54) is 6.42 Å². The monoisotopic (exact) mass is 242 g/mol. The highest BCUT2D eigenvalue weighted by Gasteiger charge is 2.20. The van der Waals surface area contributed by atoms with E-state index in [-0.39, 0.29) is 0 Å². The minimum Gasteiger partial charge on any atom is -0.399 e. The van der Waals surface area contributed by atoms with E-state index < -0.39 is 0 Å². The highest BCUT2D eigenvalue weighted by atomic mass is 15.3. The van der Waals surface area contributed by atoms with Crippen molar-refractivity contribution < 1.29 is 0 Å². The molecule has 18 heavy (non-hydrogen) atoms. The zero-order valence-corrected chi connectivity index (χ0v) is 10.8. The second-order valence-corrected chi connectivity index (χ2v) is 5.26. The van der Waals surface area contributed by atoms with E-state index in [0.717, 1.165) is 41.4 Å². The fourth-order valence-corrected chi connectivity index (χ4v) is 2.51. The lowest BCUT2D eigenvalue weighted by Gasteiger charge is -2.20. The number of benzene rings is 1. The number of fused-ring (bicyclic) bond motifs is 1. The number of nitrogens with two attached hydrogens (primary N) is 1. The van der Waals surface area contributed by atoms with Crippen molar-refractivity contribution in [2.24, 2.45) is 5.92 Å². The van der Waals surface area contributed by atoms with Gasteiger partial charge in [0.1, 0.15) is 5.82 Å². The predicted octanol–water partition coefficient (Wildman–Crippen LogP) is 2.42. The predicted molar refractivity (Wildman–Crippen MR) is 72.1 cm³/mol. The third-order valence-electron chi connectivity index (χ3n) is 3.73. The van der Waals surface area contributed by atoms with E-state index in [9.17, 15) is 0 Å². The van der Waals surface area contributed by atoms with Gasteiger partial charge in [-0.3, -0.25) is 0 Å². The number of aromatic nitrogens is 3. The molecular weight excluding hydrogens is 224 g/mol. The summed E-state index contributed by atoms with van der Waals surface area (Å²) in [7, 11) is 0. The molecule has 1 aliphatic heterocycles. The van der Waals surface area contributed by atoms with Gasteiger partial charge in [0, 0.05) is 24.2 Å². The third kappa shape index (κ3) is 1.78. The molecule has 1 unspecified atom stereocenters. The number of aryl methyl sites for hydroxylation is 1. The Morgan fingerprint density at radius 2 is 2.17 bits per heavy atom. The van der Waals surface area contributed by atoms with E-state index in [1.807, 2.05) is 19.1 Å². The highest BCUT2D eigenvalue weighted by Crippen LogP contribution is 2.27. The molecule has 0 aliphatic carbocycles. The van der Waals surface area contributed by atoms with Gasteiger partial charge in [-0.2, -0.15) is 0 Å². The van der Waals surface area contributed by atoms with Crippen molar-refractivity contribution >= 4 is 5.69 Å². The maximum Gasteiger partial charge on any atom is 0.163 e. The van der Waals surface area contributed by atoms with Crippen LogP contribution in [-0.4, -0.2) is 14.8 Å². The number of nitrogens with zero attached hydrogens (tertiary/aromatic N) is 3. The van der Waals surface area contributed by atoms with E-state index in [1.54, 1.807) is 0 Å². The van der Waals surface area contributed by atoms with E-state index >= 15 is 0 Å². The van der Waals surface area contributed by atoms with Gasteiger partial charge in [-0.1, -0.05) is 6.92 Å². The van der Waals surface area contributed by atoms with Gasteiger partial charge in [0.05, 0.1) is 0 Å². The standard InChI is InChI=1S/C14H18N4/c1-9-5-6-18-13(7-9)16-17-14(18)11-3-4-12(15)10(2)8-11/h3-4,8-9H,5-7,15H2,1-2H3. The van der Waals surface area contributed by atoms with Gasteiger partial charge in [0.2, 0.25) is 0 Å². The summed E-state index contributed by atoms with van der Waals surface area (Å²) in [6.45, 7) is 5.31. The Kier molecular flexibility index (Phi) is 2.58. The Balaban J connectivity index is 2.05. The molecule has 1 atom stereocenters. The van der Waals surface area contributed by atoms with E-state index in [0.29, 0.717) is 5.92 Å². The van der Waals surface area contributed by atoms with Gasteiger partial charge < -0.3 is 10.3 Å². The topological polar surface area (TPSA) is 56.7 Å². The maximum absolute atomic E-state index is 5.86. The van der Waals surface area contributed by atoms with Crippen molar-refractivity contribution in [1.82, 2.24) is 14.8 Å². The molecule has 1 aromatic carbocycles. The molecule has 0 amide bonds. The van der Waals surface area contributed by atoms with Crippen LogP contribution >= 0.6 is 0 Å². The summed E-state index contributed by atoms with van der Waals surface area (Å²) in [5, 5.41) is 8.66. The van der Waals surface area contributed by atoms with Gasteiger partial charge in [0.15, 0.2) is 5.82 Å². The first-order valence-electron chi connectivity index (χ1n) is 6.43. The summed E-state index contributed by atoms with van der Waals surface area (Å²) < 4.78 is 2.24. The molecule has 0 fully saturated rings. The summed E-state index contributed by atoms with van der Waals surface area (Å²) in [6, 6.07) is 6.06. The van der Waals surface area contributed by atoms with Crippen LogP contribution in [0, 0.1) is 12.8 Å². The molecule has 2 heterocycles. The molecule has 4 nitrogen and oxygen atoms in total. The first-order chi connectivity index (χ1) is 8.65. The lowest BCUT2D eigenvalue weighted by Crippen LogP contribution is -2.18. The van der Waals surface area contributed by atoms with Crippen molar-refractivity contribution in [3.05, 3.63) is 29.6 Å². The van der Waals surface area contributed by atoms with Crippen LogP contribution in [0.25, 0.3) is 11.4 Å². The summed E-state index contributed by atoms with van der Waals surface area (Å²) in [5.41, 5.74) is 8.88. The molecule has 94 valence electrons. The molecular formula is C14H18N4. The van der Waals surface area contributed by atoms with Gasteiger partial charge in [-0.05, 0) is 43.0 Å². The molecule has 2 N–H and O–H groups in total. The summed E-state index contributed by atoms with van der Waals surface area (Å²) in [5.74, 6) is 2.79. The van der Waals surface area contributed by atoms with Crippen LogP contribution in [0.4, 0.5) is 5.69 Å². The van der Waals surface area contributed by atoms with Gasteiger partial charge in [0.25, 0.3) is 0 Å². The Labute approximate surface area is 107 Å². The normalized spacial score (nSPS) is 18.7. The Bertz CT molecular complexity index is 585. The SMILES string of the molecule is Cc1cc(-c2nnc3n2CCC(C)C3)ccc1N. The average molecular weight is 242 g/mol. The summed E-state index contributed by atoms with van der Waals surface area (Å²) >= 11 is 0. The minimum absolute atomic E-state index is 0.711. The van der Waals surface area contributed by atoms with Crippen molar-refractivity contribution in [3.63, 3.8) is 0 Å². The first-order valence-corrected chi connectivity index (χ1v) is 6.43. The zero-order chi connectivity index (χ0) is 12.7. The molecule has 0 saturated carbocycles. The van der Waals surface area contributed by atoms with Gasteiger partial charge in [-0.15, -0.1) is 10.2 Å². The lowest BCUT2D eigenvalue weighted by molar-refractivity contribution is 0.411. The fourth-order valence-electron chi connectivity index (χ4n) is 2.51. The molecule has 1 aromatic heterocycles. The number of rotatable bonds is 1. The largest absolute Gasteiger partial charge is 0.399 e. The van der Waals surface area contributed by atoms with Crippen LogP contribution in [0.15, 0.2) is 18.2 Å². The van der Waals surface area contributed by atoms with Crippen molar-refractivity contribution in [2.45, 2.75) is 33.2 Å². The number of hydrogen-bond donors (Lipinski definition) is 1. The van der Waals surface area contributed by atoms with Crippen LogP contribution in [0.3, 0.4) is 0 Å². The number of nitrogen functional groups attached to an aromatic ring is 1. The second kappa shape index (κ2) is 4.12. The molecule has 3 rings (SSSR count). The zero-order valence-electron chi connectivity index (χ0n) is 10.8. The van der Waals surface area contributed by atoms with Crippen LogP contribution in [0.1, 0.15) is 24.7 Å². The lowest BCUT2D eigenvalue weighted by atomic mass is 10.00. The molecule has 2 aromatic rings. The average Bonchev–Trinajstić information content (AvgIpc) is 2.75. The Morgan fingerprint density at radius 3 is 2.94 bits per heavy atom. The minimum atomic E-state index is 0.711. The van der Waals surface area contributed by atoms with Crippen molar-refractivity contribution in [2.75, 3.05) is 5.73 Å².